The molecule has 0 atom stereocenters. The van der Waals surface area contributed by atoms with E-state index in [1.165, 1.54) is 0 Å². The summed E-state index contributed by atoms with van der Waals surface area (Å²) in [5.74, 6) is -0.419. The van der Waals surface area contributed by atoms with E-state index < -0.39 is 5.91 Å². The second-order valence-corrected chi connectivity index (χ2v) is 5.07. The molecule has 1 aromatic carbocycles. The van der Waals surface area contributed by atoms with Crippen molar-refractivity contribution in [3.8, 4) is 0 Å². The number of H-pyrrole nitrogens is 1. The van der Waals surface area contributed by atoms with Crippen LogP contribution in [0.2, 0.25) is 0 Å². The predicted molar refractivity (Wildman–Crippen MR) is 87.1 cm³/mol. The third-order valence-corrected chi connectivity index (χ3v) is 3.30. The molecule has 0 aliphatic carbocycles. The van der Waals surface area contributed by atoms with Crippen LogP contribution in [-0.4, -0.2) is 21.8 Å². The Balaban J connectivity index is 2.29. The molecule has 0 spiro atoms. The maximum atomic E-state index is 12.3. The van der Waals surface area contributed by atoms with Crippen LogP contribution >= 0.6 is 0 Å². The van der Waals surface area contributed by atoms with Crippen molar-refractivity contribution in [2.45, 2.75) is 39.5 Å². The Morgan fingerprint density at radius 1 is 1.18 bits per heavy atom. The monoisotopic (exact) mass is 300 g/mol. The average Bonchev–Trinajstić information content (AvgIpc) is 2.53. The van der Waals surface area contributed by atoms with Crippen LogP contribution in [0.3, 0.4) is 0 Å². The minimum atomic E-state index is -0.419. The number of amides is 1. The maximum absolute atomic E-state index is 12.3. The summed E-state index contributed by atoms with van der Waals surface area (Å²) in [6, 6.07) is 6.88. The summed E-state index contributed by atoms with van der Waals surface area (Å²) in [6.45, 7) is 4.15. The van der Waals surface area contributed by atoms with Crippen LogP contribution in [0.1, 0.15) is 50.0 Å². The summed E-state index contributed by atoms with van der Waals surface area (Å²) in [5.41, 5.74) is 3.37. The molecule has 1 aromatic heterocycles. The van der Waals surface area contributed by atoms with Crippen molar-refractivity contribution in [3.63, 3.8) is 0 Å². The van der Waals surface area contributed by atoms with Crippen LogP contribution in [0.5, 0.6) is 0 Å². The molecule has 22 heavy (non-hydrogen) atoms. The Bertz CT molecular complexity index is 741. The van der Waals surface area contributed by atoms with Crippen LogP contribution in [0.4, 0.5) is 0 Å². The third-order valence-electron chi connectivity index (χ3n) is 3.30. The van der Waals surface area contributed by atoms with E-state index in [2.05, 4.69) is 34.6 Å². The summed E-state index contributed by atoms with van der Waals surface area (Å²) in [6.07, 6.45) is 3.67. The van der Waals surface area contributed by atoms with Gasteiger partial charge < -0.3 is 0 Å². The number of hydrazone groups is 1. The zero-order valence-corrected chi connectivity index (χ0v) is 12.8. The van der Waals surface area contributed by atoms with Gasteiger partial charge >= 0.3 is 0 Å². The lowest BCUT2D eigenvalue weighted by molar-refractivity contribution is 0.0950. The number of aromatic nitrogens is 2. The van der Waals surface area contributed by atoms with Crippen molar-refractivity contribution in [2.75, 3.05) is 0 Å². The number of nitrogens with zero attached hydrogens (tertiary/aromatic N) is 2. The molecule has 0 bridgehead atoms. The SMILES string of the molecule is CCCC(CCC)=NNC(=O)c1n[nH]c(=O)c2ccccc12. The number of carbonyl (C=O) groups is 1. The van der Waals surface area contributed by atoms with Crippen molar-refractivity contribution in [2.24, 2.45) is 5.10 Å². The lowest BCUT2D eigenvalue weighted by Crippen LogP contribution is -2.23. The van der Waals surface area contributed by atoms with E-state index in [1.807, 2.05) is 0 Å². The summed E-state index contributed by atoms with van der Waals surface area (Å²) in [4.78, 5) is 24.0. The molecule has 0 aliphatic rings. The van der Waals surface area contributed by atoms with Crippen LogP contribution in [-0.2, 0) is 0 Å². The number of carbonyl (C=O) groups excluding carboxylic acids is 1. The number of hydrogen-bond donors (Lipinski definition) is 2. The summed E-state index contributed by atoms with van der Waals surface area (Å²) in [7, 11) is 0. The molecule has 0 saturated carbocycles. The molecule has 6 heteroatoms. The quantitative estimate of drug-likeness (QED) is 0.635. The van der Waals surface area contributed by atoms with Crippen molar-refractivity contribution in [1.82, 2.24) is 15.6 Å². The Morgan fingerprint density at radius 3 is 2.45 bits per heavy atom. The van der Waals surface area contributed by atoms with Crippen molar-refractivity contribution in [3.05, 3.63) is 40.3 Å². The van der Waals surface area contributed by atoms with Gasteiger partial charge in [0.25, 0.3) is 11.5 Å². The molecule has 1 heterocycles. The first-order chi connectivity index (χ1) is 10.7. The molecular formula is C16H20N4O2. The first-order valence-electron chi connectivity index (χ1n) is 7.50. The minimum absolute atomic E-state index is 0.172. The van der Waals surface area contributed by atoms with Gasteiger partial charge in [0.1, 0.15) is 0 Å². The van der Waals surface area contributed by atoms with Crippen LogP contribution in [0.25, 0.3) is 10.8 Å². The molecule has 0 unspecified atom stereocenters. The fourth-order valence-corrected chi connectivity index (χ4v) is 2.28. The molecule has 0 fully saturated rings. The number of hydrogen-bond acceptors (Lipinski definition) is 4. The molecule has 2 N–H and O–H groups in total. The van der Waals surface area contributed by atoms with Crippen molar-refractivity contribution < 1.29 is 4.79 Å². The van der Waals surface area contributed by atoms with Gasteiger partial charge in [-0.25, -0.2) is 10.5 Å². The van der Waals surface area contributed by atoms with Gasteiger partial charge in [-0.05, 0) is 18.9 Å². The fourth-order valence-electron chi connectivity index (χ4n) is 2.28. The van der Waals surface area contributed by atoms with Gasteiger partial charge in [0.05, 0.1) is 5.39 Å². The molecule has 0 aliphatic heterocycles. The zero-order chi connectivity index (χ0) is 15.9. The lowest BCUT2D eigenvalue weighted by Gasteiger charge is -2.06. The standard InChI is InChI=1S/C16H20N4O2/c1-3-7-11(8-4-2)17-20-16(22)14-12-9-5-6-10-13(12)15(21)19-18-14/h5-6,9-10H,3-4,7-8H2,1-2H3,(H,19,21)(H,20,22). The third kappa shape index (κ3) is 3.58. The first-order valence-corrected chi connectivity index (χ1v) is 7.50. The van der Waals surface area contributed by atoms with E-state index in [0.717, 1.165) is 31.4 Å². The van der Waals surface area contributed by atoms with E-state index in [0.29, 0.717) is 10.8 Å². The highest BCUT2D eigenvalue weighted by atomic mass is 16.2. The summed E-state index contributed by atoms with van der Waals surface area (Å²) in [5, 5.41) is 11.4. The van der Waals surface area contributed by atoms with Gasteiger partial charge in [-0.15, -0.1) is 0 Å². The summed E-state index contributed by atoms with van der Waals surface area (Å²) < 4.78 is 0. The van der Waals surface area contributed by atoms with Gasteiger partial charge in [-0.1, -0.05) is 44.9 Å². The highest BCUT2D eigenvalue weighted by Crippen LogP contribution is 2.12. The van der Waals surface area contributed by atoms with E-state index >= 15 is 0 Å². The number of nitrogens with one attached hydrogen (secondary N) is 2. The highest BCUT2D eigenvalue weighted by Gasteiger charge is 2.13. The zero-order valence-electron chi connectivity index (χ0n) is 12.8. The number of aromatic amines is 1. The Kier molecular flexibility index (Phi) is 5.41. The average molecular weight is 300 g/mol. The molecular weight excluding hydrogens is 280 g/mol. The van der Waals surface area contributed by atoms with Gasteiger partial charge in [-0.3, -0.25) is 9.59 Å². The Labute approximate surface area is 128 Å². The largest absolute Gasteiger partial charge is 0.292 e. The molecule has 6 nitrogen and oxygen atoms in total. The second-order valence-electron chi connectivity index (χ2n) is 5.07. The Morgan fingerprint density at radius 2 is 1.82 bits per heavy atom. The molecule has 2 rings (SSSR count). The highest BCUT2D eigenvalue weighted by molar-refractivity contribution is 6.05. The van der Waals surface area contributed by atoms with E-state index in [-0.39, 0.29) is 11.3 Å². The molecule has 116 valence electrons. The molecule has 0 radical (unpaired) electrons. The van der Waals surface area contributed by atoms with Crippen LogP contribution in [0, 0.1) is 0 Å². The van der Waals surface area contributed by atoms with E-state index in [4.69, 9.17) is 0 Å². The maximum Gasteiger partial charge on any atom is 0.292 e. The summed E-state index contributed by atoms with van der Waals surface area (Å²) >= 11 is 0. The van der Waals surface area contributed by atoms with E-state index in [1.54, 1.807) is 24.3 Å². The molecule has 0 saturated heterocycles. The minimum Gasteiger partial charge on any atom is -0.267 e. The normalized spacial score (nSPS) is 10.5. The van der Waals surface area contributed by atoms with Crippen LogP contribution < -0.4 is 11.0 Å². The van der Waals surface area contributed by atoms with Crippen LogP contribution in [0.15, 0.2) is 34.2 Å². The second kappa shape index (κ2) is 7.49. The van der Waals surface area contributed by atoms with Gasteiger partial charge in [0, 0.05) is 11.1 Å². The molecule has 2 aromatic rings. The van der Waals surface area contributed by atoms with Gasteiger partial charge in [0.15, 0.2) is 5.69 Å². The van der Waals surface area contributed by atoms with Gasteiger partial charge in [0.2, 0.25) is 0 Å². The number of benzene rings is 1. The lowest BCUT2D eigenvalue weighted by atomic mass is 10.1. The Hall–Kier alpha value is -2.50. The van der Waals surface area contributed by atoms with E-state index in [9.17, 15) is 9.59 Å². The first kappa shape index (κ1) is 15.9. The van der Waals surface area contributed by atoms with Crippen molar-refractivity contribution >= 4 is 22.4 Å². The number of fused-ring (bicyclic) bond motifs is 1. The fraction of sp³-hybridized carbons (Fsp3) is 0.375. The number of rotatable bonds is 6. The topological polar surface area (TPSA) is 87.2 Å². The van der Waals surface area contributed by atoms with Gasteiger partial charge in [-0.2, -0.15) is 10.2 Å². The molecule has 1 amide bonds. The predicted octanol–water partition coefficient (Wildman–Crippen LogP) is 2.61. The van der Waals surface area contributed by atoms with Crippen molar-refractivity contribution in [1.29, 1.82) is 0 Å². The smallest absolute Gasteiger partial charge is 0.267 e.